The van der Waals surface area contributed by atoms with Gasteiger partial charge in [-0.25, -0.2) is 19.6 Å². The number of nitrogens with zero attached hydrogens (tertiary/aromatic N) is 5. The number of hydrogen-bond acceptors (Lipinski definition) is 6. The molecule has 0 aliphatic carbocycles. The molecule has 0 saturated carbocycles. The molecule has 0 aliphatic rings. The zero-order valence-electron chi connectivity index (χ0n) is 11.2. The molecule has 7 nitrogen and oxygen atoms in total. The molecular weight excluding hydrogens is 294 g/mol. The first-order valence-electron chi connectivity index (χ1n) is 6.21. The summed E-state index contributed by atoms with van der Waals surface area (Å²) in [4.78, 5) is 12.0. The van der Waals surface area contributed by atoms with Gasteiger partial charge in [0.05, 0.1) is 19.2 Å². The fraction of sp³-hybridized carbons (Fsp3) is 0.231. The van der Waals surface area contributed by atoms with Crippen LogP contribution < -0.4 is 9.47 Å². The SMILES string of the molecule is COc1cc2c(Cl)ncnc2cc1OCCn1cncn1. The van der Waals surface area contributed by atoms with Crippen LogP contribution in [0, 0.1) is 0 Å². The molecule has 0 radical (unpaired) electrons. The molecule has 0 fully saturated rings. The molecule has 3 aromatic rings. The summed E-state index contributed by atoms with van der Waals surface area (Å²) < 4.78 is 12.7. The number of ether oxygens (including phenoxy) is 2. The molecule has 108 valence electrons. The summed E-state index contributed by atoms with van der Waals surface area (Å²) in [5, 5.41) is 5.11. The summed E-state index contributed by atoms with van der Waals surface area (Å²) in [5.74, 6) is 1.18. The van der Waals surface area contributed by atoms with Crippen LogP contribution in [0.25, 0.3) is 10.9 Å². The van der Waals surface area contributed by atoms with Gasteiger partial charge in [-0.3, -0.25) is 0 Å². The molecule has 0 unspecified atom stereocenters. The van der Waals surface area contributed by atoms with E-state index in [1.54, 1.807) is 30.3 Å². The van der Waals surface area contributed by atoms with Gasteiger partial charge in [0.1, 0.15) is 30.7 Å². The summed E-state index contributed by atoms with van der Waals surface area (Å²) >= 11 is 6.04. The van der Waals surface area contributed by atoms with Crippen LogP contribution in [0.4, 0.5) is 0 Å². The lowest BCUT2D eigenvalue weighted by Crippen LogP contribution is -2.09. The van der Waals surface area contributed by atoms with Crippen molar-refractivity contribution >= 4 is 22.5 Å². The van der Waals surface area contributed by atoms with Crippen LogP contribution >= 0.6 is 11.6 Å². The van der Waals surface area contributed by atoms with E-state index in [2.05, 4.69) is 20.1 Å². The first kappa shape index (κ1) is 13.6. The number of benzene rings is 1. The minimum absolute atomic E-state index is 0.382. The summed E-state index contributed by atoms with van der Waals surface area (Å²) in [6, 6.07) is 3.55. The van der Waals surface area contributed by atoms with E-state index >= 15 is 0 Å². The highest BCUT2D eigenvalue weighted by Gasteiger charge is 2.10. The van der Waals surface area contributed by atoms with Crippen molar-refractivity contribution < 1.29 is 9.47 Å². The Kier molecular flexibility index (Phi) is 3.83. The predicted octanol–water partition coefficient (Wildman–Crippen LogP) is 1.96. The molecule has 0 aliphatic heterocycles. The van der Waals surface area contributed by atoms with Crippen LogP contribution in [0.5, 0.6) is 11.5 Å². The van der Waals surface area contributed by atoms with Crippen LogP contribution in [0.15, 0.2) is 31.1 Å². The average Bonchev–Trinajstić information content (AvgIpc) is 3.00. The first-order chi connectivity index (χ1) is 10.3. The largest absolute Gasteiger partial charge is 0.493 e. The van der Waals surface area contributed by atoms with Crippen molar-refractivity contribution in [3.05, 3.63) is 36.3 Å². The summed E-state index contributed by atoms with van der Waals surface area (Å²) in [6.45, 7) is 1.02. The van der Waals surface area contributed by atoms with E-state index in [4.69, 9.17) is 21.1 Å². The summed E-state index contributed by atoms with van der Waals surface area (Å²) in [5.41, 5.74) is 0.701. The van der Waals surface area contributed by atoms with Gasteiger partial charge in [-0.1, -0.05) is 11.6 Å². The lowest BCUT2D eigenvalue weighted by atomic mass is 10.2. The van der Waals surface area contributed by atoms with Crippen molar-refractivity contribution in [2.24, 2.45) is 0 Å². The number of fused-ring (bicyclic) bond motifs is 1. The minimum Gasteiger partial charge on any atom is -0.493 e. The van der Waals surface area contributed by atoms with Crippen molar-refractivity contribution in [1.29, 1.82) is 0 Å². The van der Waals surface area contributed by atoms with Gasteiger partial charge in [0, 0.05) is 11.5 Å². The van der Waals surface area contributed by atoms with Crippen molar-refractivity contribution in [1.82, 2.24) is 24.7 Å². The highest BCUT2D eigenvalue weighted by atomic mass is 35.5. The highest BCUT2D eigenvalue weighted by Crippen LogP contribution is 2.33. The zero-order valence-corrected chi connectivity index (χ0v) is 12.0. The van der Waals surface area contributed by atoms with E-state index < -0.39 is 0 Å². The van der Waals surface area contributed by atoms with Crippen molar-refractivity contribution in [3.8, 4) is 11.5 Å². The fourth-order valence-electron chi connectivity index (χ4n) is 1.90. The number of methoxy groups -OCH3 is 1. The standard InChI is InChI=1S/C13H12ClN5O2/c1-20-11-4-9-10(16-7-17-13(9)14)5-12(11)21-3-2-19-8-15-6-18-19/h4-8H,2-3H2,1H3. The van der Waals surface area contributed by atoms with Gasteiger partial charge < -0.3 is 9.47 Å². The second-order valence-corrected chi connectivity index (χ2v) is 4.55. The van der Waals surface area contributed by atoms with E-state index in [0.29, 0.717) is 35.3 Å². The summed E-state index contributed by atoms with van der Waals surface area (Å²) in [7, 11) is 1.57. The van der Waals surface area contributed by atoms with E-state index in [1.165, 1.54) is 12.7 Å². The third-order valence-electron chi connectivity index (χ3n) is 2.92. The van der Waals surface area contributed by atoms with E-state index in [0.717, 1.165) is 5.39 Å². The molecule has 0 amide bonds. The van der Waals surface area contributed by atoms with Gasteiger partial charge in [0.15, 0.2) is 11.5 Å². The number of rotatable bonds is 5. The molecule has 0 atom stereocenters. The Bertz CT molecular complexity index is 748. The minimum atomic E-state index is 0.382. The molecule has 0 saturated heterocycles. The van der Waals surface area contributed by atoms with E-state index in [9.17, 15) is 0 Å². The van der Waals surface area contributed by atoms with Gasteiger partial charge in [0.2, 0.25) is 0 Å². The maximum absolute atomic E-state index is 6.04. The predicted molar refractivity (Wildman–Crippen MR) is 76.6 cm³/mol. The third-order valence-corrected chi connectivity index (χ3v) is 3.22. The van der Waals surface area contributed by atoms with Crippen molar-refractivity contribution in [2.75, 3.05) is 13.7 Å². The number of halogens is 1. The van der Waals surface area contributed by atoms with Crippen molar-refractivity contribution in [2.45, 2.75) is 6.54 Å². The molecule has 8 heteroatoms. The van der Waals surface area contributed by atoms with Gasteiger partial charge in [-0.2, -0.15) is 5.10 Å². The quantitative estimate of drug-likeness (QED) is 0.671. The second kappa shape index (κ2) is 5.92. The Labute approximate surface area is 125 Å². The van der Waals surface area contributed by atoms with Gasteiger partial charge in [-0.15, -0.1) is 0 Å². The molecule has 21 heavy (non-hydrogen) atoms. The molecule has 0 N–H and O–H groups in total. The molecule has 2 aromatic heterocycles. The van der Waals surface area contributed by atoms with Gasteiger partial charge in [-0.05, 0) is 6.07 Å². The number of hydrogen-bond donors (Lipinski definition) is 0. The van der Waals surface area contributed by atoms with Crippen LogP contribution in [-0.4, -0.2) is 38.4 Å². The Balaban J connectivity index is 1.83. The Morgan fingerprint density at radius 3 is 2.86 bits per heavy atom. The topological polar surface area (TPSA) is 75.0 Å². The molecule has 3 rings (SSSR count). The monoisotopic (exact) mass is 305 g/mol. The maximum Gasteiger partial charge on any atom is 0.163 e. The van der Waals surface area contributed by atoms with Crippen LogP contribution in [0.3, 0.4) is 0 Å². The molecule has 0 bridgehead atoms. The van der Waals surface area contributed by atoms with Crippen LogP contribution in [0.1, 0.15) is 0 Å². The smallest absolute Gasteiger partial charge is 0.163 e. The van der Waals surface area contributed by atoms with Gasteiger partial charge >= 0.3 is 0 Å². The lowest BCUT2D eigenvalue weighted by Gasteiger charge is -2.12. The fourth-order valence-corrected chi connectivity index (χ4v) is 2.10. The number of aromatic nitrogens is 5. The zero-order chi connectivity index (χ0) is 14.7. The normalized spacial score (nSPS) is 10.8. The molecular formula is C13H12ClN5O2. The van der Waals surface area contributed by atoms with Crippen LogP contribution in [-0.2, 0) is 6.54 Å². The van der Waals surface area contributed by atoms with E-state index in [-0.39, 0.29) is 0 Å². The molecule has 1 aromatic carbocycles. The van der Waals surface area contributed by atoms with Crippen LogP contribution in [0.2, 0.25) is 5.15 Å². The maximum atomic E-state index is 6.04. The Hall–Kier alpha value is -2.41. The van der Waals surface area contributed by atoms with Crippen molar-refractivity contribution in [3.63, 3.8) is 0 Å². The average molecular weight is 306 g/mol. The lowest BCUT2D eigenvalue weighted by molar-refractivity contribution is 0.274. The van der Waals surface area contributed by atoms with E-state index in [1.807, 2.05) is 0 Å². The molecule has 2 heterocycles. The highest BCUT2D eigenvalue weighted by molar-refractivity contribution is 6.34. The Morgan fingerprint density at radius 1 is 1.19 bits per heavy atom. The first-order valence-corrected chi connectivity index (χ1v) is 6.59. The molecule has 0 spiro atoms. The third kappa shape index (κ3) is 2.87. The van der Waals surface area contributed by atoms with Gasteiger partial charge in [0.25, 0.3) is 0 Å². The second-order valence-electron chi connectivity index (χ2n) is 4.19. The Morgan fingerprint density at radius 2 is 2.10 bits per heavy atom. The summed E-state index contributed by atoms with van der Waals surface area (Å²) in [6.07, 6.45) is 4.53.